The molecule has 4 saturated carbocycles. The minimum Gasteiger partial charge on any atom is -0.298 e. The van der Waals surface area contributed by atoms with Crippen molar-refractivity contribution in [2.24, 2.45) is 34.5 Å². The second-order valence-electron chi connectivity index (χ2n) is 11.7. The van der Waals surface area contributed by atoms with Crippen LogP contribution in [0.2, 0.25) is 0 Å². The maximum absolute atomic E-state index is 15.7. The van der Waals surface area contributed by atoms with E-state index in [0.717, 1.165) is 75.0 Å². The monoisotopic (exact) mass is 404 g/mol. The Morgan fingerprint density at radius 3 is 1.90 bits per heavy atom. The zero-order chi connectivity index (χ0) is 20.5. The molecule has 0 aliphatic heterocycles. The Labute approximate surface area is 179 Å². The first kappa shape index (κ1) is 21.8. The first-order valence-corrected chi connectivity index (χ1v) is 13.2. The summed E-state index contributed by atoms with van der Waals surface area (Å²) in [5.41, 5.74) is -1.13. The number of Topliss-reactive ketones (excluding diaryl/α,β-unsaturated/α-hetero) is 1. The van der Waals surface area contributed by atoms with Crippen molar-refractivity contribution in [3.8, 4) is 0 Å². The minimum atomic E-state index is -0.837. The highest BCUT2D eigenvalue weighted by molar-refractivity contribution is 5.98. The number of ketones is 1. The Balaban J connectivity index is 1.27. The molecule has 166 valence electrons. The van der Waals surface area contributed by atoms with Crippen molar-refractivity contribution in [3.63, 3.8) is 0 Å². The van der Waals surface area contributed by atoms with Crippen LogP contribution in [0.5, 0.6) is 0 Å². The third kappa shape index (κ3) is 3.96. The number of halogens is 1. The van der Waals surface area contributed by atoms with Gasteiger partial charge < -0.3 is 0 Å². The van der Waals surface area contributed by atoms with E-state index in [1.54, 1.807) is 0 Å². The van der Waals surface area contributed by atoms with Crippen molar-refractivity contribution in [1.29, 1.82) is 0 Å². The first-order valence-electron chi connectivity index (χ1n) is 13.2. The van der Waals surface area contributed by atoms with Gasteiger partial charge in [-0.1, -0.05) is 58.8 Å². The van der Waals surface area contributed by atoms with E-state index in [4.69, 9.17) is 0 Å². The number of carbonyl (C=O) groups excluding carboxylic acids is 1. The summed E-state index contributed by atoms with van der Waals surface area (Å²) in [5, 5.41) is 0. The second kappa shape index (κ2) is 8.99. The largest absolute Gasteiger partial charge is 0.298 e. The summed E-state index contributed by atoms with van der Waals surface area (Å²) in [6, 6.07) is 0. The van der Waals surface area contributed by atoms with Crippen molar-refractivity contribution in [2.45, 2.75) is 129 Å². The molecule has 0 aromatic carbocycles. The van der Waals surface area contributed by atoms with E-state index < -0.39 is 17.0 Å². The van der Waals surface area contributed by atoms with E-state index in [0.29, 0.717) is 5.78 Å². The molecule has 0 aromatic rings. The molecule has 0 bridgehead atoms. The Morgan fingerprint density at radius 2 is 1.34 bits per heavy atom. The van der Waals surface area contributed by atoms with E-state index in [-0.39, 0.29) is 0 Å². The van der Waals surface area contributed by atoms with Crippen molar-refractivity contribution in [2.75, 3.05) is 0 Å². The first-order chi connectivity index (χ1) is 14.0. The fourth-order valence-corrected chi connectivity index (χ4v) is 7.86. The molecule has 0 N–H and O–H groups in total. The van der Waals surface area contributed by atoms with Gasteiger partial charge in [-0.2, -0.15) is 0 Å². The van der Waals surface area contributed by atoms with E-state index in [1.165, 1.54) is 57.8 Å². The summed E-state index contributed by atoms with van der Waals surface area (Å²) < 4.78 is 15.7. The molecular weight excluding hydrogens is 359 g/mol. The number of hydrogen-bond acceptors (Lipinski definition) is 1. The Hall–Kier alpha value is -0.400. The lowest BCUT2D eigenvalue weighted by Gasteiger charge is -2.61. The fourth-order valence-electron chi connectivity index (χ4n) is 7.86. The van der Waals surface area contributed by atoms with Crippen LogP contribution in [0.3, 0.4) is 0 Å². The number of alkyl halides is 1. The van der Waals surface area contributed by atoms with Gasteiger partial charge in [-0.05, 0) is 87.9 Å². The normalized spacial score (nSPS) is 45.5. The molecule has 0 unspecified atom stereocenters. The third-order valence-electron chi connectivity index (χ3n) is 9.99. The zero-order valence-corrected chi connectivity index (χ0v) is 19.2. The van der Waals surface area contributed by atoms with Crippen molar-refractivity contribution in [1.82, 2.24) is 0 Å². The van der Waals surface area contributed by atoms with Gasteiger partial charge in [0.25, 0.3) is 0 Å². The van der Waals surface area contributed by atoms with Crippen LogP contribution in [0.4, 0.5) is 4.39 Å². The molecule has 29 heavy (non-hydrogen) atoms. The maximum atomic E-state index is 15.7. The van der Waals surface area contributed by atoms with Gasteiger partial charge in [0.2, 0.25) is 0 Å². The van der Waals surface area contributed by atoms with Crippen LogP contribution in [0, 0.1) is 34.5 Å². The van der Waals surface area contributed by atoms with Crippen LogP contribution in [-0.4, -0.2) is 12.0 Å². The molecule has 0 amide bonds. The molecule has 4 rings (SSSR count). The number of rotatable bonds is 6. The van der Waals surface area contributed by atoms with E-state index in [9.17, 15) is 4.79 Å². The van der Waals surface area contributed by atoms with E-state index in [1.807, 2.05) is 0 Å². The highest BCUT2D eigenvalue weighted by Crippen LogP contribution is 2.66. The zero-order valence-electron chi connectivity index (χ0n) is 19.2. The van der Waals surface area contributed by atoms with Gasteiger partial charge >= 0.3 is 0 Å². The van der Waals surface area contributed by atoms with E-state index >= 15 is 4.39 Å². The van der Waals surface area contributed by atoms with E-state index in [2.05, 4.69) is 13.8 Å². The summed E-state index contributed by atoms with van der Waals surface area (Å²) in [7, 11) is 0. The minimum absolute atomic E-state index is 0.359. The maximum Gasteiger partial charge on any atom is 0.151 e. The Kier molecular flexibility index (Phi) is 6.77. The molecule has 1 atom stereocenters. The molecule has 0 saturated heterocycles. The number of carbonyl (C=O) groups is 1. The summed E-state index contributed by atoms with van der Waals surface area (Å²) >= 11 is 0. The standard InChI is InChI=1S/C27H45FO/c1-3-4-5-6-7-21-12-16-26(17-13-21)24(28)27(25(26)29)18-14-23(15-19-27)22-10-8-20(2)9-11-22/h20-24H,3-19H2,1-2H3/t20?,21?,22?,23?,24-,26?,27?/m1/s1. The average Bonchev–Trinajstić information content (AvgIpc) is 2.77. The van der Waals surface area contributed by atoms with Gasteiger partial charge in [0.1, 0.15) is 6.17 Å². The van der Waals surface area contributed by atoms with Crippen LogP contribution < -0.4 is 0 Å². The highest BCUT2D eigenvalue weighted by atomic mass is 19.1. The van der Waals surface area contributed by atoms with Gasteiger partial charge in [0.05, 0.1) is 10.8 Å². The van der Waals surface area contributed by atoms with Crippen molar-refractivity contribution < 1.29 is 9.18 Å². The predicted molar refractivity (Wildman–Crippen MR) is 119 cm³/mol. The Bertz CT molecular complexity index is 545. The lowest BCUT2D eigenvalue weighted by atomic mass is 9.41. The molecule has 0 aromatic heterocycles. The van der Waals surface area contributed by atoms with Crippen LogP contribution in [0.15, 0.2) is 0 Å². The van der Waals surface area contributed by atoms with Crippen LogP contribution in [0.25, 0.3) is 0 Å². The van der Waals surface area contributed by atoms with Gasteiger partial charge in [-0.15, -0.1) is 0 Å². The summed E-state index contributed by atoms with van der Waals surface area (Å²) in [4.78, 5) is 13.4. The summed E-state index contributed by atoms with van der Waals surface area (Å²) in [6.07, 6.45) is 19.0. The second-order valence-corrected chi connectivity index (χ2v) is 11.7. The van der Waals surface area contributed by atoms with Crippen molar-refractivity contribution >= 4 is 5.78 Å². The predicted octanol–water partition coefficient (Wildman–Crippen LogP) is 8.06. The van der Waals surface area contributed by atoms with Gasteiger partial charge in [-0.25, -0.2) is 4.39 Å². The molecule has 0 radical (unpaired) electrons. The molecule has 4 fully saturated rings. The lowest BCUT2D eigenvalue weighted by Crippen LogP contribution is -2.69. The topological polar surface area (TPSA) is 17.1 Å². The Morgan fingerprint density at radius 1 is 0.793 bits per heavy atom. The SMILES string of the molecule is CCCCCCC1CCC2(CC1)C(=O)C1(CCC(C3CCC(C)CC3)CC1)[C@@H]2F. The fraction of sp³-hybridized carbons (Fsp3) is 0.963. The van der Waals surface area contributed by atoms with Gasteiger partial charge in [-0.3, -0.25) is 4.79 Å². The number of hydrogen-bond donors (Lipinski definition) is 0. The quantitative estimate of drug-likeness (QED) is 0.409. The summed E-state index contributed by atoms with van der Waals surface area (Å²) in [5.74, 6) is 3.62. The lowest BCUT2D eigenvalue weighted by molar-refractivity contribution is -0.194. The van der Waals surface area contributed by atoms with Crippen LogP contribution in [-0.2, 0) is 4.79 Å². The van der Waals surface area contributed by atoms with Crippen LogP contribution >= 0.6 is 0 Å². The molecule has 2 heteroatoms. The average molecular weight is 405 g/mol. The molecule has 4 aliphatic rings. The smallest absolute Gasteiger partial charge is 0.151 e. The molecule has 1 nitrogen and oxygen atoms in total. The molecule has 0 heterocycles. The van der Waals surface area contributed by atoms with Gasteiger partial charge in [0, 0.05) is 0 Å². The molecule has 4 aliphatic carbocycles. The van der Waals surface area contributed by atoms with Crippen molar-refractivity contribution in [3.05, 3.63) is 0 Å². The molecule has 2 spiro atoms. The molecular formula is C27H45FO. The number of unbranched alkanes of at least 4 members (excludes halogenated alkanes) is 3. The third-order valence-corrected chi connectivity index (χ3v) is 9.99. The van der Waals surface area contributed by atoms with Gasteiger partial charge in [0.15, 0.2) is 5.78 Å². The summed E-state index contributed by atoms with van der Waals surface area (Å²) in [6.45, 7) is 4.64. The highest BCUT2D eigenvalue weighted by Gasteiger charge is 2.71. The van der Waals surface area contributed by atoms with Crippen LogP contribution in [0.1, 0.15) is 123 Å².